The second-order valence-electron chi connectivity index (χ2n) is 5.53. The van der Waals surface area contributed by atoms with Crippen molar-refractivity contribution in [1.82, 2.24) is 19.7 Å². The maximum atomic E-state index is 4.46. The Morgan fingerprint density at radius 1 is 1.14 bits per heavy atom. The summed E-state index contributed by atoms with van der Waals surface area (Å²) in [5.41, 5.74) is 1.07. The van der Waals surface area contributed by atoms with Crippen LogP contribution in [0.5, 0.6) is 0 Å². The summed E-state index contributed by atoms with van der Waals surface area (Å²) in [5, 5.41) is 5.58. The number of hydrogen-bond donors (Lipinski definition) is 0. The molecule has 1 atom stereocenters. The van der Waals surface area contributed by atoms with E-state index in [-0.39, 0.29) is 0 Å². The summed E-state index contributed by atoms with van der Waals surface area (Å²) < 4.78 is 1.88. The molecule has 1 aromatic carbocycles. The van der Waals surface area contributed by atoms with Crippen LogP contribution in [-0.2, 0) is 0 Å². The van der Waals surface area contributed by atoms with Gasteiger partial charge in [-0.1, -0.05) is 18.2 Å². The minimum atomic E-state index is 0.544. The van der Waals surface area contributed by atoms with E-state index in [1.807, 2.05) is 29.1 Å². The lowest BCUT2D eigenvalue weighted by molar-refractivity contribution is 0.724. The van der Waals surface area contributed by atoms with Crippen molar-refractivity contribution < 1.29 is 0 Å². The lowest BCUT2D eigenvalue weighted by Gasteiger charge is -2.22. The van der Waals surface area contributed by atoms with E-state index in [2.05, 4.69) is 39.0 Å². The standard InChI is InChI=1S/C16H17N5/c1-12-5-4-8-20(12)15-9-16(18-11-17-15)21-14-7-3-2-6-13(14)10-19-21/h2-3,6-7,9-12H,4-5,8H2,1H3. The van der Waals surface area contributed by atoms with E-state index < -0.39 is 0 Å². The molecule has 0 amide bonds. The number of benzene rings is 1. The molecule has 0 bridgehead atoms. The summed E-state index contributed by atoms with van der Waals surface area (Å²) in [7, 11) is 0. The summed E-state index contributed by atoms with van der Waals surface area (Å²) in [6.07, 6.45) is 5.96. The Morgan fingerprint density at radius 3 is 2.86 bits per heavy atom. The zero-order valence-electron chi connectivity index (χ0n) is 12.0. The van der Waals surface area contributed by atoms with Gasteiger partial charge in [-0.3, -0.25) is 0 Å². The van der Waals surface area contributed by atoms with E-state index in [9.17, 15) is 0 Å². The van der Waals surface area contributed by atoms with Gasteiger partial charge in [-0.2, -0.15) is 5.10 Å². The summed E-state index contributed by atoms with van der Waals surface area (Å²) in [5.74, 6) is 1.81. The predicted molar refractivity (Wildman–Crippen MR) is 82.7 cm³/mol. The van der Waals surface area contributed by atoms with Gasteiger partial charge in [0.1, 0.15) is 12.1 Å². The highest BCUT2D eigenvalue weighted by Crippen LogP contribution is 2.25. The molecular weight excluding hydrogens is 262 g/mol. The van der Waals surface area contributed by atoms with Gasteiger partial charge in [0.2, 0.25) is 0 Å². The van der Waals surface area contributed by atoms with Gasteiger partial charge in [-0.25, -0.2) is 14.6 Å². The number of para-hydroxylation sites is 1. The van der Waals surface area contributed by atoms with Crippen molar-refractivity contribution in [3.8, 4) is 5.82 Å². The molecule has 1 aliphatic rings. The first-order valence-electron chi connectivity index (χ1n) is 7.35. The molecule has 0 saturated carbocycles. The van der Waals surface area contributed by atoms with E-state index in [0.717, 1.165) is 29.1 Å². The van der Waals surface area contributed by atoms with Crippen molar-refractivity contribution in [1.29, 1.82) is 0 Å². The average Bonchev–Trinajstić information content (AvgIpc) is 3.13. The molecule has 1 fully saturated rings. The normalized spacial score (nSPS) is 18.5. The summed E-state index contributed by atoms with van der Waals surface area (Å²) in [6.45, 7) is 3.32. The van der Waals surface area contributed by atoms with E-state index in [1.165, 1.54) is 12.8 Å². The number of fused-ring (bicyclic) bond motifs is 1. The van der Waals surface area contributed by atoms with Crippen LogP contribution in [0.4, 0.5) is 5.82 Å². The highest BCUT2D eigenvalue weighted by molar-refractivity contribution is 5.79. The van der Waals surface area contributed by atoms with E-state index in [1.54, 1.807) is 6.33 Å². The second kappa shape index (κ2) is 4.84. The Morgan fingerprint density at radius 2 is 2.00 bits per heavy atom. The number of aromatic nitrogens is 4. The van der Waals surface area contributed by atoms with Crippen LogP contribution in [0.2, 0.25) is 0 Å². The molecule has 0 aliphatic carbocycles. The zero-order chi connectivity index (χ0) is 14.2. The summed E-state index contributed by atoms with van der Waals surface area (Å²) in [4.78, 5) is 11.2. The Bertz CT molecular complexity index is 779. The molecule has 0 N–H and O–H groups in total. The number of rotatable bonds is 2. The van der Waals surface area contributed by atoms with Gasteiger partial charge in [0, 0.05) is 24.0 Å². The summed E-state index contributed by atoms with van der Waals surface area (Å²) in [6, 6.07) is 10.7. The fraction of sp³-hybridized carbons (Fsp3) is 0.312. The third-order valence-electron chi connectivity index (χ3n) is 4.18. The molecule has 5 nitrogen and oxygen atoms in total. The van der Waals surface area contributed by atoms with Gasteiger partial charge in [0.25, 0.3) is 0 Å². The van der Waals surface area contributed by atoms with Crippen LogP contribution in [0.25, 0.3) is 16.7 Å². The van der Waals surface area contributed by atoms with Crippen LogP contribution in [0.3, 0.4) is 0 Å². The molecule has 5 heteroatoms. The van der Waals surface area contributed by atoms with E-state index >= 15 is 0 Å². The second-order valence-corrected chi connectivity index (χ2v) is 5.53. The largest absolute Gasteiger partial charge is 0.354 e. The van der Waals surface area contributed by atoms with Gasteiger partial charge in [-0.15, -0.1) is 0 Å². The maximum absolute atomic E-state index is 4.46. The van der Waals surface area contributed by atoms with Gasteiger partial charge < -0.3 is 4.90 Å². The minimum Gasteiger partial charge on any atom is -0.354 e. The van der Waals surface area contributed by atoms with Crippen molar-refractivity contribution in [3.63, 3.8) is 0 Å². The fourth-order valence-electron chi connectivity index (χ4n) is 3.04. The molecule has 106 valence electrons. The Labute approximate surface area is 123 Å². The fourth-order valence-corrected chi connectivity index (χ4v) is 3.04. The van der Waals surface area contributed by atoms with Gasteiger partial charge in [-0.05, 0) is 25.8 Å². The molecule has 0 spiro atoms. The highest BCUT2D eigenvalue weighted by atomic mass is 15.3. The molecule has 3 aromatic rings. The van der Waals surface area contributed by atoms with Crippen molar-refractivity contribution in [2.45, 2.75) is 25.8 Å². The lowest BCUT2D eigenvalue weighted by Crippen LogP contribution is -2.27. The third kappa shape index (κ3) is 2.05. The summed E-state index contributed by atoms with van der Waals surface area (Å²) >= 11 is 0. The van der Waals surface area contributed by atoms with Crippen molar-refractivity contribution >= 4 is 16.7 Å². The van der Waals surface area contributed by atoms with Crippen LogP contribution in [0.1, 0.15) is 19.8 Å². The SMILES string of the molecule is CC1CCCN1c1cc(-n2ncc3ccccc32)ncn1. The minimum absolute atomic E-state index is 0.544. The van der Waals surface area contributed by atoms with Crippen LogP contribution >= 0.6 is 0 Å². The molecule has 3 heterocycles. The van der Waals surface area contributed by atoms with E-state index in [4.69, 9.17) is 0 Å². The Hall–Kier alpha value is -2.43. The molecule has 21 heavy (non-hydrogen) atoms. The van der Waals surface area contributed by atoms with Crippen LogP contribution in [0.15, 0.2) is 42.9 Å². The first kappa shape index (κ1) is 12.3. The predicted octanol–water partition coefficient (Wildman–Crippen LogP) is 2.80. The van der Waals surface area contributed by atoms with Crippen molar-refractivity contribution in [2.75, 3.05) is 11.4 Å². The molecule has 1 unspecified atom stereocenters. The molecule has 4 rings (SSSR count). The highest BCUT2D eigenvalue weighted by Gasteiger charge is 2.22. The van der Waals surface area contributed by atoms with E-state index in [0.29, 0.717) is 6.04 Å². The zero-order valence-corrected chi connectivity index (χ0v) is 12.0. The van der Waals surface area contributed by atoms with Crippen molar-refractivity contribution in [2.24, 2.45) is 0 Å². The molecule has 2 aromatic heterocycles. The Kier molecular flexibility index (Phi) is 2.84. The molecule has 0 radical (unpaired) electrons. The van der Waals surface area contributed by atoms with Crippen LogP contribution in [0, 0.1) is 0 Å². The smallest absolute Gasteiger partial charge is 0.159 e. The molecular formula is C16H17N5. The number of anilines is 1. The monoisotopic (exact) mass is 279 g/mol. The van der Waals surface area contributed by atoms with Gasteiger partial charge >= 0.3 is 0 Å². The average molecular weight is 279 g/mol. The van der Waals surface area contributed by atoms with Gasteiger partial charge in [0.05, 0.1) is 11.7 Å². The molecule has 1 saturated heterocycles. The quantitative estimate of drug-likeness (QED) is 0.723. The Balaban J connectivity index is 1.79. The number of hydrogen-bond acceptors (Lipinski definition) is 4. The van der Waals surface area contributed by atoms with Crippen LogP contribution in [-0.4, -0.2) is 32.3 Å². The third-order valence-corrected chi connectivity index (χ3v) is 4.18. The van der Waals surface area contributed by atoms with Crippen LogP contribution < -0.4 is 4.90 Å². The number of nitrogens with zero attached hydrogens (tertiary/aromatic N) is 5. The van der Waals surface area contributed by atoms with Gasteiger partial charge in [0.15, 0.2) is 5.82 Å². The first-order chi connectivity index (χ1) is 10.3. The maximum Gasteiger partial charge on any atom is 0.159 e. The topological polar surface area (TPSA) is 46.8 Å². The van der Waals surface area contributed by atoms with Crippen molar-refractivity contribution in [3.05, 3.63) is 42.9 Å². The molecule has 1 aliphatic heterocycles. The lowest BCUT2D eigenvalue weighted by atomic mass is 10.2. The first-order valence-corrected chi connectivity index (χ1v) is 7.35.